The lowest BCUT2D eigenvalue weighted by molar-refractivity contribution is -0.0403. The molecule has 0 bridgehead atoms. The molecule has 1 aliphatic rings. The molecule has 108 valence electrons. The fourth-order valence-corrected chi connectivity index (χ4v) is 3.56. The van der Waals surface area contributed by atoms with E-state index in [-0.39, 0.29) is 6.10 Å². The van der Waals surface area contributed by atoms with E-state index in [1.165, 1.54) is 4.88 Å². The summed E-state index contributed by atoms with van der Waals surface area (Å²) in [6.45, 7) is 11.5. The molecule has 5 heteroatoms. The molecule has 0 spiro atoms. The van der Waals surface area contributed by atoms with Crippen molar-refractivity contribution >= 4 is 11.3 Å². The van der Waals surface area contributed by atoms with Crippen molar-refractivity contribution in [3.63, 3.8) is 0 Å². The van der Waals surface area contributed by atoms with Gasteiger partial charge in [-0.25, -0.2) is 4.98 Å². The molecular weight excluding hydrogens is 258 g/mol. The van der Waals surface area contributed by atoms with Gasteiger partial charge in [0.15, 0.2) is 0 Å². The number of nitrogens with one attached hydrogen (secondary N) is 1. The number of hydrogen-bond acceptors (Lipinski definition) is 5. The molecular formula is C14H25N3OS. The molecule has 0 radical (unpaired) electrons. The van der Waals surface area contributed by atoms with Crippen molar-refractivity contribution in [1.82, 2.24) is 15.2 Å². The Hall–Kier alpha value is -0.490. The number of nitrogens with zero attached hydrogens (tertiary/aromatic N) is 2. The second-order valence-corrected chi connectivity index (χ2v) is 6.52. The minimum Gasteiger partial charge on any atom is -0.368 e. The van der Waals surface area contributed by atoms with Gasteiger partial charge in [-0.15, -0.1) is 11.3 Å². The zero-order valence-corrected chi connectivity index (χ0v) is 13.4. The van der Waals surface area contributed by atoms with Gasteiger partial charge in [0.05, 0.1) is 12.3 Å². The fraction of sp³-hybridized carbons (Fsp3) is 0.786. The predicted octanol–water partition coefficient (Wildman–Crippen LogP) is 2.51. The van der Waals surface area contributed by atoms with Gasteiger partial charge in [-0.3, -0.25) is 4.90 Å². The van der Waals surface area contributed by atoms with Gasteiger partial charge in [0.25, 0.3) is 0 Å². The summed E-state index contributed by atoms with van der Waals surface area (Å²) in [5, 5.41) is 4.41. The predicted molar refractivity (Wildman–Crippen MR) is 79.7 cm³/mol. The molecule has 0 aromatic carbocycles. The zero-order chi connectivity index (χ0) is 14.0. The monoisotopic (exact) mass is 283 g/mol. The van der Waals surface area contributed by atoms with Gasteiger partial charge >= 0.3 is 0 Å². The normalized spacial score (nSPS) is 22.9. The lowest BCUT2D eigenvalue weighted by Gasteiger charge is -2.34. The van der Waals surface area contributed by atoms with Gasteiger partial charge < -0.3 is 10.1 Å². The molecule has 2 heterocycles. The third-order valence-corrected chi connectivity index (χ3v) is 5.21. The van der Waals surface area contributed by atoms with E-state index in [0.717, 1.165) is 30.4 Å². The maximum atomic E-state index is 5.91. The van der Waals surface area contributed by atoms with Crippen LogP contribution in [0.3, 0.4) is 0 Å². The van der Waals surface area contributed by atoms with E-state index in [9.17, 15) is 0 Å². The van der Waals surface area contributed by atoms with Crippen LogP contribution in [-0.2, 0) is 4.74 Å². The topological polar surface area (TPSA) is 37.4 Å². The SMILES string of the molecule is CNC(C)c1sc(C2CN(C(C)C)CCO2)nc1C. The molecule has 1 saturated heterocycles. The molecule has 0 aliphatic carbocycles. The highest BCUT2D eigenvalue weighted by Gasteiger charge is 2.27. The number of rotatable bonds is 4. The quantitative estimate of drug-likeness (QED) is 0.921. The summed E-state index contributed by atoms with van der Waals surface area (Å²) in [4.78, 5) is 8.51. The summed E-state index contributed by atoms with van der Waals surface area (Å²) in [7, 11) is 1.99. The Morgan fingerprint density at radius 1 is 1.42 bits per heavy atom. The number of aryl methyl sites for hydroxylation is 1. The molecule has 1 N–H and O–H groups in total. The number of morpholine rings is 1. The molecule has 2 rings (SSSR count). The van der Waals surface area contributed by atoms with Gasteiger partial charge in [-0.1, -0.05) is 0 Å². The molecule has 2 unspecified atom stereocenters. The van der Waals surface area contributed by atoms with Crippen LogP contribution in [0.2, 0.25) is 0 Å². The van der Waals surface area contributed by atoms with Crippen LogP contribution in [-0.4, -0.2) is 42.7 Å². The van der Waals surface area contributed by atoms with Gasteiger partial charge in [0.2, 0.25) is 0 Å². The molecule has 0 saturated carbocycles. The second-order valence-electron chi connectivity index (χ2n) is 5.46. The van der Waals surface area contributed by atoms with Gasteiger partial charge in [-0.05, 0) is 34.7 Å². The summed E-state index contributed by atoms with van der Waals surface area (Å²) >= 11 is 1.79. The number of hydrogen-bond donors (Lipinski definition) is 1. The Bertz CT molecular complexity index is 419. The zero-order valence-electron chi connectivity index (χ0n) is 12.6. The van der Waals surface area contributed by atoms with Gasteiger partial charge in [-0.2, -0.15) is 0 Å². The average Bonchev–Trinajstić information content (AvgIpc) is 2.80. The van der Waals surface area contributed by atoms with Crippen LogP contribution in [0.4, 0.5) is 0 Å². The van der Waals surface area contributed by atoms with E-state index in [1.54, 1.807) is 11.3 Å². The Morgan fingerprint density at radius 2 is 2.16 bits per heavy atom. The molecule has 4 nitrogen and oxygen atoms in total. The van der Waals surface area contributed by atoms with Crippen LogP contribution >= 0.6 is 11.3 Å². The minimum absolute atomic E-state index is 0.137. The molecule has 2 atom stereocenters. The Morgan fingerprint density at radius 3 is 2.79 bits per heavy atom. The number of thiazole rings is 1. The van der Waals surface area contributed by atoms with Crippen molar-refractivity contribution in [3.05, 3.63) is 15.6 Å². The van der Waals surface area contributed by atoms with Crippen molar-refractivity contribution < 1.29 is 4.74 Å². The second kappa shape index (κ2) is 6.31. The van der Waals surface area contributed by atoms with Crippen molar-refractivity contribution in [2.45, 2.75) is 45.9 Å². The number of ether oxygens (including phenoxy) is 1. The van der Waals surface area contributed by atoms with Crippen LogP contribution in [0.25, 0.3) is 0 Å². The summed E-state index contributed by atoms with van der Waals surface area (Å²) in [5.41, 5.74) is 1.13. The Labute approximate surface area is 120 Å². The fourth-order valence-electron chi connectivity index (χ4n) is 2.39. The van der Waals surface area contributed by atoms with Crippen LogP contribution in [0, 0.1) is 6.92 Å². The van der Waals surface area contributed by atoms with Gasteiger partial charge in [0.1, 0.15) is 11.1 Å². The van der Waals surface area contributed by atoms with E-state index < -0.39 is 0 Å². The third kappa shape index (κ3) is 3.34. The smallest absolute Gasteiger partial charge is 0.123 e. The largest absolute Gasteiger partial charge is 0.368 e. The van der Waals surface area contributed by atoms with Gasteiger partial charge in [0, 0.05) is 30.1 Å². The van der Waals surface area contributed by atoms with Crippen molar-refractivity contribution in [2.75, 3.05) is 26.7 Å². The lowest BCUT2D eigenvalue weighted by atomic mass is 10.2. The highest BCUT2D eigenvalue weighted by atomic mass is 32.1. The first-order chi connectivity index (χ1) is 9.02. The minimum atomic E-state index is 0.137. The lowest BCUT2D eigenvalue weighted by Crippen LogP contribution is -2.42. The van der Waals surface area contributed by atoms with Crippen LogP contribution in [0.1, 0.15) is 48.5 Å². The maximum absolute atomic E-state index is 5.91. The standard InChI is InChI=1S/C14H25N3OS/c1-9(2)17-6-7-18-12(8-17)14-16-11(4)13(19-14)10(3)15-5/h9-10,12,15H,6-8H2,1-5H3. The molecule has 1 aromatic heterocycles. The molecule has 1 aromatic rings. The molecule has 1 aliphatic heterocycles. The van der Waals surface area contributed by atoms with Crippen LogP contribution in [0.15, 0.2) is 0 Å². The van der Waals surface area contributed by atoms with Crippen LogP contribution < -0.4 is 5.32 Å². The summed E-state index contributed by atoms with van der Waals surface area (Å²) < 4.78 is 5.91. The first kappa shape index (κ1) is 14.9. The highest BCUT2D eigenvalue weighted by Crippen LogP contribution is 2.32. The Balaban J connectivity index is 2.13. The summed E-state index contributed by atoms with van der Waals surface area (Å²) in [5.74, 6) is 0. The Kier molecular flexibility index (Phi) is 4.95. The average molecular weight is 283 g/mol. The van der Waals surface area contributed by atoms with Crippen molar-refractivity contribution in [3.8, 4) is 0 Å². The number of aromatic nitrogens is 1. The van der Waals surface area contributed by atoms with Crippen LogP contribution in [0.5, 0.6) is 0 Å². The highest BCUT2D eigenvalue weighted by molar-refractivity contribution is 7.11. The molecule has 1 fully saturated rings. The van der Waals surface area contributed by atoms with E-state index >= 15 is 0 Å². The first-order valence-corrected chi connectivity index (χ1v) is 7.84. The maximum Gasteiger partial charge on any atom is 0.123 e. The van der Waals surface area contributed by atoms with E-state index in [1.807, 2.05) is 7.05 Å². The molecule has 0 amide bonds. The van der Waals surface area contributed by atoms with E-state index in [4.69, 9.17) is 9.72 Å². The van der Waals surface area contributed by atoms with Crippen molar-refractivity contribution in [1.29, 1.82) is 0 Å². The van der Waals surface area contributed by atoms with E-state index in [0.29, 0.717) is 12.1 Å². The van der Waals surface area contributed by atoms with Crippen molar-refractivity contribution in [2.24, 2.45) is 0 Å². The summed E-state index contributed by atoms with van der Waals surface area (Å²) in [6.07, 6.45) is 0.137. The first-order valence-electron chi connectivity index (χ1n) is 7.03. The van der Waals surface area contributed by atoms with E-state index in [2.05, 4.69) is 37.9 Å². The third-order valence-electron chi connectivity index (χ3n) is 3.78. The summed E-state index contributed by atoms with van der Waals surface area (Å²) in [6, 6.07) is 0.930. The molecule has 19 heavy (non-hydrogen) atoms.